The monoisotopic (exact) mass is 471 g/mol. The first kappa shape index (κ1) is 21.6. The Hall–Kier alpha value is -4.29. The Kier molecular flexibility index (Phi) is 5.65. The molecular weight excluding hydrogens is 454 g/mol. The van der Waals surface area contributed by atoms with Crippen molar-refractivity contribution in [1.29, 1.82) is 0 Å². The van der Waals surface area contributed by atoms with Crippen molar-refractivity contribution < 1.29 is 18.4 Å². The van der Waals surface area contributed by atoms with E-state index in [1.165, 1.54) is 7.11 Å². The number of rotatable bonds is 5. The number of hydrogen-bond donors (Lipinski definition) is 1. The Labute approximate surface area is 199 Å². The number of furan rings is 1. The Balaban J connectivity index is 1.47. The number of fused-ring (bicyclic) bond motifs is 1. The summed E-state index contributed by atoms with van der Waals surface area (Å²) in [5, 5.41) is 4.17. The standard InChI is InChI=1S/C27H18ClNO5/c1-32-24-10-9-16(20-14-18-5-2-3-8-22(18)34-27(20)31)15-21(24)29-26(30)25-12-11-23(33-25)17-6-4-7-19(28)13-17/h2-15H,1H3,(H,29,30). The quantitative estimate of drug-likeness (QED) is 0.291. The van der Waals surface area contributed by atoms with Gasteiger partial charge in [-0.2, -0.15) is 0 Å². The second-order valence-corrected chi connectivity index (χ2v) is 7.97. The van der Waals surface area contributed by atoms with E-state index in [0.717, 1.165) is 10.9 Å². The number of hydrogen-bond acceptors (Lipinski definition) is 5. The van der Waals surface area contributed by atoms with Crippen molar-refractivity contribution in [1.82, 2.24) is 0 Å². The number of carbonyl (C=O) groups excluding carboxylic acids is 1. The zero-order valence-electron chi connectivity index (χ0n) is 18.0. The number of carbonyl (C=O) groups is 1. The molecule has 7 heteroatoms. The molecule has 0 aliphatic heterocycles. The summed E-state index contributed by atoms with van der Waals surface area (Å²) in [4.78, 5) is 25.5. The summed E-state index contributed by atoms with van der Waals surface area (Å²) in [6.45, 7) is 0. The lowest BCUT2D eigenvalue weighted by Gasteiger charge is -2.11. The van der Waals surface area contributed by atoms with Crippen molar-refractivity contribution >= 4 is 34.2 Å². The third-order valence-electron chi connectivity index (χ3n) is 5.34. The molecule has 0 radical (unpaired) electrons. The van der Waals surface area contributed by atoms with Gasteiger partial charge < -0.3 is 18.9 Å². The average Bonchev–Trinajstić information content (AvgIpc) is 3.34. The number of anilines is 1. The third-order valence-corrected chi connectivity index (χ3v) is 5.57. The van der Waals surface area contributed by atoms with Gasteiger partial charge in [0.2, 0.25) is 0 Å². The van der Waals surface area contributed by atoms with Crippen molar-refractivity contribution in [3.05, 3.63) is 106 Å². The molecule has 3 aromatic carbocycles. The summed E-state index contributed by atoms with van der Waals surface area (Å²) in [7, 11) is 1.50. The fourth-order valence-electron chi connectivity index (χ4n) is 3.68. The fourth-order valence-corrected chi connectivity index (χ4v) is 3.87. The first-order valence-electron chi connectivity index (χ1n) is 10.4. The molecule has 1 N–H and O–H groups in total. The van der Waals surface area contributed by atoms with Crippen molar-refractivity contribution in [2.75, 3.05) is 12.4 Å². The van der Waals surface area contributed by atoms with Gasteiger partial charge in [0.1, 0.15) is 17.1 Å². The second kappa shape index (κ2) is 8.92. The van der Waals surface area contributed by atoms with Gasteiger partial charge >= 0.3 is 5.63 Å². The van der Waals surface area contributed by atoms with Crippen molar-refractivity contribution in [2.45, 2.75) is 0 Å². The molecule has 0 spiro atoms. The molecule has 168 valence electrons. The molecule has 5 aromatic rings. The van der Waals surface area contributed by atoms with Gasteiger partial charge in [-0.15, -0.1) is 0 Å². The fraction of sp³-hybridized carbons (Fsp3) is 0.0370. The number of benzene rings is 3. The third kappa shape index (κ3) is 4.19. The average molecular weight is 472 g/mol. The van der Waals surface area contributed by atoms with Crippen LogP contribution in [-0.2, 0) is 0 Å². The van der Waals surface area contributed by atoms with Crippen molar-refractivity contribution in [3.63, 3.8) is 0 Å². The number of nitrogens with one attached hydrogen (secondary N) is 1. The summed E-state index contributed by atoms with van der Waals surface area (Å²) < 4.78 is 16.6. The van der Waals surface area contributed by atoms with Gasteiger partial charge in [-0.3, -0.25) is 4.79 Å². The van der Waals surface area contributed by atoms with Gasteiger partial charge in [-0.25, -0.2) is 4.79 Å². The topological polar surface area (TPSA) is 81.7 Å². The zero-order valence-corrected chi connectivity index (χ0v) is 18.8. The highest BCUT2D eigenvalue weighted by molar-refractivity contribution is 6.30. The highest BCUT2D eigenvalue weighted by Gasteiger charge is 2.17. The van der Waals surface area contributed by atoms with E-state index in [1.807, 2.05) is 18.2 Å². The van der Waals surface area contributed by atoms with Gasteiger partial charge in [0.05, 0.1) is 18.4 Å². The first-order chi connectivity index (χ1) is 16.5. The van der Waals surface area contributed by atoms with Crippen molar-refractivity contribution in [3.8, 4) is 28.2 Å². The maximum Gasteiger partial charge on any atom is 0.344 e. The molecule has 0 fully saturated rings. The molecule has 0 saturated carbocycles. The lowest BCUT2D eigenvalue weighted by atomic mass is 10.0. The van der Waals surface area contributed by atoms with E-state index in [-0.39, 0.29) is 5.76 Å². The Bertz CT molecular complexity index is 1580. The lowest BCUT2D eigenvalue weighted by Crippen LogP contribution is -2.12. The molecule has 0 unspecified atom stereocenters. The van der Waals surface area contributed by atoms with Gasteiger partial charge in [-0.05, 0) is 54.1 Å². The van der Waals surface area contributed by atoms with Crippen LogP contribution >= 0.6 is 11.6 Å². The minimum absolute atomic E-state index is 0.118. The van der Waals surface area contributed by atoms with Gasteiger partial charge in [0, 0.05) is 16.0 Å². The molecule has 0 bridgehead atoms. The van der Waals surface area contributed by atoms with E-state index in [2.05, 4.69) is 5.32 Å². The highest BCUT2D eigenvalue weighted by Crippen LogP contribution is 2.32. The van der Waals surface area contributed by atoms with Crippen LogP contribution in [0.1, 0.15) is 10.6 Å². The zero-order chi connectivity index (χ0) is 23.7. The van der Waals surface area contributed by atoms with E-state index >= 15 is 0 Å². The van der Waals surface area contributed by atoms with Crippen LogP contribution < -0.4 is 15.7 Å². The molecule has 0 aliphatic rings. The molecule has 1 amide bonds. The summed E-state index contributed by atoms with van der Waals surface area (Å²) in [5.41, 5.74) is 2.13. The second-order valence-electron chi connectivity index (χ2n) is 7.53. The van der Waals surface area contributed by atoms with E-state index in [9.17, 15) is 9.59 Å². The minimum Gasteiger partial charge on any atom is -0.495 e. The van der Waals surface area contributed by atoms with Crippen LogP contribution in [-0.4, -0.2) is 13.0 Å². The Morgan fingerprint density at radius 1 is 0.882 bits per heavy atom. The normalized spacial score (nSPS) is 10.9. The van der Waals surface area contributed by atoms with Crippen LogP contribution in [0.25, 0.3) is 33.4 Å². The SMILES string of the molecule is COc1ccc(-c2cc3ccccc3oc2=O)cc1NC(=O)c1ccc(-c2cccc(Cl)c2)o1. The van der Waals surface area contributed by atoms with Gasteiger partial charge in [0.15, 0.2) is 5.76 Å². The lowest BCUT2D eigenvalue weighted by molar-refractivity contribution is 0.0997. The molecule has 5 rings (SSSR count). The van der Waals surface area contributed by atoms with E-state index in [4.69, 9.17) is 25.2 Å². The van der Waals surface area contributed by atoms with E-state index in [1.54, 1.807) is 66.7 Å². The maximum absolute atomic E-state index is 12.9. The number of para-hydroxylation sites is 1. The summed E-state index contributed by atoms with van der Waals surface area (Å²) in [6.07, 6.45) is 0. The smallest absolute Gasteiger partial charge is 0.344 e. The molecule has 0 saturated heterocycles. The van der Waals surface area contributed by atoms with Crippen LogP contribution in [0.2, 0.25) is 5.02 Å². The van der Waals surface area contributed by atoms with Crippen LogP contribution in [0.5, 0.6) is 5.75 Å². The molecule has 6 nitrogen and oxygen atoms in total. The number of amides is 1. The highest BCUT2D eigenvalue weighted by atomic mass is 35.5. The predicted molar refractivity (Wildman–Crippen MR) is 132 cm³/mol. The minimum atomic E-state index is -0.474. The molecule has 2 heterocycles. The first-order valence-corrected chi connectivity index (χ1v) is 10.8. The molecule has 0 atom stereocenters. The molecule has 34 heavy (non-hydrogen) atoms. The number of halogens is 1. The summed E-state index contributed by atoms with van der Waals surface area (Å²) in [5.74, 6) is 0.605. The van der Waals surface area contributed by atoms with Crippen LogP contribution in [0.3, 0.4) is 0 Å². The maximum atomic E-state index is 12.9. The largest absolute Gasteiger partial charge is 0.495 e. The molecular formula is C27H18ClNO5. The molecule has 0 aliphatic carbocycles. The van der Waals surface area contributed by atoms with E-state index < -0.39 is 11.5 Å². The van der Waals surface area contributed by atoms with Crippen LogP contribution in [0, 0.1) is 0 Å². The van der Waals surface area contributed by atoms with Crippen LogP contribution in [0.15, 0.2) is 98.6 Å². The Morgan fingerprint density at radius 3 is 2.56 bits per heavy atom. The number of ether oxygens (including phenoxy) is 1. The summed E-state index contributed by atoms with van der Waals surface area (Å²) in [6, 6.07) is 24.6. The van der Waals surface area contributed by atoms with E-state index in [0.29, 0.717) is 38.9 Å². The number of methoxy groups -OCH3 is 1. The van der Waals surface area contributed by atoms with Crippen LogP contribution in [0.4, 0.5) is 5.69 Å². The predicted octanol–water partition coefficient (Wildman–Crippen LogP) is 6.63. The van der Waals surface area contributed by atoms with Crippen molar-refractivity contribution in [2.24, 2.45) is 0 Å². The Morgan fingerprint density at radius 2 is 1.74 bits per heavy atom. The molecule has 2 aromatic heterocycles. The van der Waals surface area contributed by atoms with Gasteiger partial charge in [-0.1, -0.05) is 48.0 Å². The summed E-state index contributed by atoms with van der Waals surface area (Å²) >= 11 is 6.05. The van der Waals surface area contributed by atoms with Gasteiger partial charge in [0.25, 0.3) is 5.91 Å².